The molecule has 1 atom stereocenters. The first kappa shape index (κ1) is 15.8. The van der Waals surface area contributed by atoms with Crippen molar-refractivity contribution in [1.82, 2.24) is 10.2 Å². The standard InChI is InChI=1S/C16H23FN2O2/c1-16(2,3)21-15(20)19-9-8-18-13(11-19)10-12-6-4-5-7-14(12)17/h4-7,13,18H,8-11H2,1-3H3/t13-/m0/s1. The van der Waals surface area contributed by atoms with Gasteiger partial charge in [-0.25, -0.2) is 9.18 Å². The molecular weight excluding hydrogens is 271 g/mol. The largest absolute Gasteiger partial charge is 0.444 e. The third kappa shape index (κ3) is 4.70. The Morgan fingerprint density at radius 2 is 2.14 bits per heavy atom. The molecule has 1 aliphatic heterocycles. The number of nitrogens with one attached hydrogen (secondary N) is 1. The summed E-state index contributed by atoms with van der Waals surface area (Å²) < 4.78 is 19.1. The summed E-state index contributed by atoms with van der Waals surface area (Å²) in [5, 5.41) is 3.33. The first-order chi connectivity index (χ1) is 9.85. The number of halogens is 1. The monoisotopic (exact) mass is 294 g/mol. The van der Waals surface area contributed by atoms with Gasteiger partial charge in [-0.3, -0.25) is 0 Å². The Hall–Kier alpha value is -1.62. The van der Waals surface area contributed by atoms with E-state index in [1.807, 2.05) is 26.8 Å². The van der Waals surface area contributed by atoms with Gasteiger partial charge in [-0.2, -0.15) is 0 Å². The van der Waals surface area contributed by atoms with Gasteiger partial charge in [0.05, 0.1) is 0 Å². The number of carbonyl (C=O) groups is 1. The van der Waals surface area contributed by atoms with Crippen molar-refractivity contribution < 1.29 is 13.9 Å². The number of nitrogens with zero attached hydrogens (tertiary/aromatic N) is 1. The van der Waals surface area contributed by atoms with Gasteiger partial charge >= 0.3 is 6.09 Å². The molecule has 1 fully saturated rings. The zero-order valence-corrected chi connectivity index (χ0v) is 12.9. The lowest BCUT2D eigenvalue weighted by molar-refractivity contribution is 0.0195. The minimum absolute atomic E-state index is 0.0446. The second kappa shape index (κ2) is 6.43. The Labute approximate surface area is 125 Å². The lowest BCUT2D eigenvalue weighted by Crippen LogP contribution is -2.54. The number of carbonyl (C=O) groups excluding carboxylic acids is 1. The van der Waals surface area contributed by atoms with Crippen molar-refractivity contribution in [3.05, 3.63) is 35.6 Å². The highest BCUT2D eigenvalue weighted by molar-refractivity contribution is 5.68. The van der Waals surface area contributed by atoms with Gasteiger partial charge in [0.2, 0.25) is 0 Å². The van der Waals surface area contributed by atoms with Gasteiger partial charge in [0.25, 0.3) is 0 Å². The van der Waals surface area contributed by atoms with Gasteiger partial charge in [0.1, 0.15) is 11.4 Å². The van der Waals surface area contributed by atoms with Crippen molar-refractivity contribution in [2.24, 2.45) is 0 Å². The van der Waals surface area contributed by atoms with Crippen LogP contribution in [0.1, 0.15) is 26.3 Å². The molecule has 2 rings (SSSR count). The number of hydrogen-bond acceptors (Lipinski definition) is 3. The molecule has 4 nitrogen and oxygen atoms in total. The van der Waals surface area contributed by atoms with Crippen molar-refractivity contribution in [2.45, 2.75) is 38.8 Å². The van der Waals surface area contributed by atoms with Crippen LogP contribution in [0, 0.1) is 5.82 Å². The van der Waals surface area contributed by atoms with Gasteiger partial charge in [-0.15, -0.1) is 0 Å². The van der Waals surface area contributed by atoms with Crippen LogP contribution in [0.5, 0.6) is 0 Å². The quantitative estimate of drug-likeness (QED) is 0.911. The van der Waals surface area contributed by atoms with E-state index >= 15 is 0 Å². The Bertz CT molecular complexity index is 499. The molecule has 1 aromatic carbocycles. The van der Waals surface area contributed by atoms with Crippen LogP contribution in [-0.2, 0) is 11.2 Å². The molecule has 21 heavy (non-hydrogen) atoms. The summed E-state index contributed by atoms with van der Waals surface area (Å²) in [5.41, 5.74) is 0.171. The molecule has 0 aliphatic carbocycles. The molecule has 0 radical (unpaired) electrons. The Morgan fingerprint density at radius 1 is 1.43 bits per heavy atom. The van der Waals surface area contributed by atoms with Gasteiger partial charge in [0.15, 0.2) is 0 Å². The number of piperazine rings is 1. The number of benzene rings is 1. The molecule has 1 aromatic rings. The zero-order chi connectivity index (χ0) is 15.5. The number of amides is 1. The smallest absolute Gasteiger partial charge is 0.410 e. The second-order valence-corrected chi connectivity index (χ2v) is 6.37. The van der Waals surface area contributed by atoms with Crippen LogP contribution in [0.4, 0.5) is 9.18 Å². The van der Waals surface area contributed by atoms with E-state index in [9.17, 15) is 9.18 Å². The van der Waals surface area contributed by atoms with Gasteiger partial charge in [-0.05, 0) is 38.8 Å². The molecule has 1 saturated heterocycles. The molecule has 0 unspecified atom stereocenters. The van der Waals surface area contributed by atoms with Crippen molar-refractivity contribution in [1.29, 1.82) is 0 Å². The molecular formula is C16H23FN2O2. The van der Waals surface area contributed by atoms with Crippen molar-refractivity contribution >= 4 is 6.09 Å². The molecule has 0 saturated carbocycles. The number of hydrogen-bond donors (Lipinski definition) is 1. The van der Waals surface area contributed by atoms with Crippen LogP contribution in [-0.4, -0.2) is 42.3 Å². The maximum atomic E-state index is 13.7. The molecule has 0 bridgehead atoms. The lowest BCUT2D eigenvalue weighted by Gasteiger charge is -2.35. The predicted molar refractivity (Wildman–Crippen MR) is 79.7 cm³/mol. The normalized spacial score (nSPS) is 19.4. The number of rotatable bonds is 2. The third-order valence-corrected chi connectivity index (χ3v) is 3.33. The average molecular weight is 294 g/mol. The fourth-order valence-corrected chi connectivity index (χ4v) is 2.38. The minimum atomic E-state index is -0.497. The van der Waals surface area contributed by atoms with E-state index in [2.05, 4.69) is 5.32 Å². The van der Waals surface area contributed by atoms with Crippen LogP contribution >= 0.6 is 0 Å². The van der Waals surface area contributed by atoms with E-state index in [4.69, 9.17) is 4.74 Å². The first-order valence-electron chi connectivity index (χ1n) is 7.30. The summed E-state index contributed by atoms with van der Waals surface area (Å²) in [6.07, 6.45) is 0.258. The molecule has 1 N–H and O–H groups in total. The minimum Gasteiger partial charge on any atom is -0.444 e. The summed E-state index contributed by atoms with van der Waals surface area (Å²) in [4.78, 5) is 13.8. The Morgan fingerprint density at radius 3 is 2.81 bits per heavy atom. The molecule has 1 heterocycles. The van der Waals surface area contributed by atoms with E-state index in [1.54, 1.807) is 17.0 Å². The van der Waals surface area contributed by atoms with E-state index in [-0.39, 0.29) is 18.0 Å². The molecule has 0 spiro atoms. The van der Waals surface area contributed by atoms with Gasteiger partial charge in [0, 0.05) is 25.7 Å². The molecule has 5 heteroatoms. The number of ether oxygens (including phenoxy) is 1. The lowest BCUT2D eigenvalue weighted by atomic mass is 10.0. The van der Waals surface area contributed by atoms with Crippen molar-refractivity contribution in [2.75, 3.05) is 19.6 Å². The molecule has 1 amide bonds. The van der Waals surface area contributed by atoms with Crippen LogP contribution in [0.3, 0.4) is 0 Å². The van der Waals surface area contributed by atoms with Gasteiger partial charge < -0.3 is 15.0 Å². The fraction of sp³-hybridized carbons (Fsp3) is 0.562. The van der Waals surface area contributed by atoms with E-state index < -0.39 is 5.60 Å². The van der Waals surface area contributed by atoms with Crippen molar-refractivity contribution in [3.8, 4) is 0 Å². The predicted octanol–water partition coefficient (Wildman–Crippen LogP) is 2.58. The fourth-order valence-electron chi connectivity index (χ4n) is 2.38. The summed E-state index contributed by atoms with van der Waals surface area (Å²) in [5.74, 6) is -0.200. The average Bonchev–Trinajstić information content (AvgIpc) is 2.40. The van der Waals surface area contributed by atoms with Crippen LogP contribution in [0.2, 0.25) is 0 Å². The highest BCUT2D eigenvalue weighted by atomic mass is 19.1. The van der Waals surface area contributed by atoms with Crippen LogP contribution in [0.15, 0.2) is 24.3 Å². The van der Waals surface area contributed by atoms with E-state index in [0.29, 0.717) is 31.6 Å². The van der Waals surface area contributed by atoms with E-state index in [0.717, 1.165) is 0 Å². The van der Waals surface area contributed by atoms with Crippen LogP contribution in [0.25, 0.3) is 0 Å². The first-order valence-corrected chi connectivity index (χ1v) is 7.30. The van der Waals surface area contributed by atoms with Crippen LogP contribution < -0.4 is 5.32 Å². The zero-order valence-electron chi connectivity index (χ0n) is 12.9. The van der Waals surface area contributed by atoms with Gasteiger partial charge in [-0.1, -0.05) is 18.2 Å². The maximum Gasteiger partial charge on any atom is 0.410 e. The molecule has 116 valence electrons. The highest BCUT2D eigenvalue weighted by Crippen LogP contribution is 2.14. The van der Waals surface area contributed by atoms with E-state index in [1.165, 1.54) is 6.07 Å². The topological polar surface area (TPSA) is 41.6 Å². The molecule has 0 aromatic heterocycles. The van der Waals surface area contributed by atoms with Crippen molar-refractivity contribution in [3.63, 3.8) is 0 Å². The highest BCUT2D eigenvalue weighted by Gasteiger charge is 2.27. The third-order valence-electron chi connectivity index (χ3n) is 3.33. The molecule has 1 aliphatic rings. The SMILES string of the molecule is CC(C)(C)OC(=O)N1CCN[C@@H](Cc2ccccc2F)C1. The Kier molecular flexibility index (Phi) is 4.83. The summed E-state index contributed by atoms with van der Waals surface area (Å²) in [6.45, 7) is 7.39. The Balaban J connectivity index is 1.95. The summed E-state index contributed by atoms with van der Waals surface area (Å²) in [6, 6.07) is 6.79. The second-order valence-electron chi connectivity index (χ2n) is 6.37. The summed E-state index contributed by atoms with van der Waals surface area (Å²) >= 11 is 0. The summed E-state index contributed by atoms with van der Waals surface area (Å²) in [7, 11) is 0. The maximum absolute atomic E-state index is 13.7.